The Labute approximate surface area is 314 Å². The molecule has 51 heavy (non-hydrogen) atoms. The van der Waals surface area contributed by atoms with E-state index in [4.69, 9.17) is 37.4 Å². The molecule has 0 radical (unpaired) electrons. The molecule has 2 heterocycles. The number of hydrogen-bond acceptors (Lipinski definition) is 7. The molecular formula is C40H58Cl2N6O3. The topological polar surface area (TPSA) is 98.1 Å². The highest BCUT2D eigenvalue weighted by Gasteiger charge is 2.25. The number of rotatable bonds is 24. The minimum absolute atomic E-state index is 0.102. The summed E-state index contributed by atoms with van der Waals surface area (Å²) in [6.07, 6.45) is 17.8. The molecule has 0 aliphatic rings. The van der Waals surface area contributed by atoms with Crippen LogP contribution in [-0.2, 0) is 4.74 Å². The van der Waals surface area contributed by atoms with E-state index in [9.17, 15) is 0 Å². The fraction of sp³-hybridized carbons (Fsp3) is 0.575. The van der Waals surface area contributed by atoms with E-state index >= 15 is 0 Å². The van der Waals surface area contributed by atoms with Crippen molar-refractivity contribution in [3.63, 3.8) is 0 Å². The fourth-order valence-electron chi connectivity index (χ4n) is 6.31. The first-order valence-corrected chi connectivity index (χ1v) is 19.6. The Kier molecular flexibility index (Phi) is 16.9. The SMILES string of the molecule is CCCCCCCCCCCCCCOc1ccccc1N=COC(NCOc1[nH]n2c(-c3ccccc3Cl)nnc2c1Cl)C(C)CC(C)(C)C. The first-order valence-electron chi connectivity index (χ1n) is 18.8. The molecule has 2 N–H and O–H groups in total. The molecule has 0 amide bonds. The normalized spacial score (nSPS) is 13.2. The summed E-state index contributed by atoms with van der Waals surface area (Å²) in [5.41, 5.74) is 2.02. The van der Waals surface area contributed by atoms with Crippen molar-refractivity contribution in [3.05, 3.63) is 58.6 Å². The third-order valence-electron chi connectivity index (χ3n) is 8.86. The zero-order valence-corrected chi connectivity index (χ0v) is 32.7. The molecule has 2 aromatic carbocycles. The standard InChI is InChI=1S/C40H58Cl2N6O3/c1-6-7-8-9-10-11-12-13-14-15-16-21-26-49-34-25-20-19-24-33(34)43-28-50-38(30(2)27-40(3,4)5)44-29-51-39-35(42)37-46-45-36(48(37)47-39)31-22-17-18-23-32(31)41/h17-20,22-25,28,30,38,44,47H,6-16,21,26-27,29H2,1-5H3. The average Bonchev–Trinajstić information content (AvgIpc) is 3.65. The lowest BCUT2D eigenvalue weighted by Crippen LogP contribution is -2.40. The van der Waals surface area contributed by atoms with Crippen LogP contribution < -0.4 is 14.8 Å². The monoisotopic (exact) mass is 740 g/mol. The van der Waals surface area contributed by atoms with Crippen LogP contribution in [0.25, 0.3) is 17.0 Å². The highest BCUT2D eigenvalue weighted by Crippen LogP contribution is 2.33. The molecule has 0 spiro atoms. The second-order valence-electron chi connectivity index (χ2n) is 14.6. The summed E-state index contributed by atoms with van der Waals surface area (Å²) in [5, 5.41) is 15.9. The van der Waals surface area contributed by atoms with Crippen LogP contribution in [0.5, 0.6) is 11.6 Å². The maximum atomic E-state index is 6.63. The van der Waals surface area contributed by atoms with Gasteiger partial charge in [0.05, 0.1) is 11.6 Å². The summed E-state index contributed by atoms with van der Waals surface area (Å²) >= 11 is 13.0. The molecule has 0 saturated heterocycles. The molecule has 2 aromatic heterocycles. The van der Waals surface area contributed by atoms with Gasteiger partial charge in [0.15, 0.2) is 24.1 Å². The van der Waals surface area contributed by atoms with Crippen molar-refractivity contribution < 1.29 is 14.2 Å². The summed E-state index contributed by atoms with van der Waals surface area (Å²) in [6, 6.07) is 15.3. The van der Waals surface area contributed by atoms with Crippen molar-refractivity contribution in [1.29, 1.82) is 0 Å². The molecule has 2 unspecified atom stereocenters. The number of aromatic nitrogens is 4. The van der Waals surface area contributed by atoms with Crippen LogP contribution in [0.15, 0.2) is 53.5 Å². The third kappa shape index (κ3) is 13.3. The molecule has 4 rings (SSSR count). The van der Waals surface area contributed by atoms with Gasteiger partial charge in [0.2, 0.25) is 5.88 Å². The van der Waals surface area contributed by atoms with Gasteiger partial charge in [-0.3, -0.25) is 5.10 Å². The molecular weight excluding hydrogens is 683 g/mol. The Morgan fingerprint density at radius 2 is 1.51 bits per heavy atom. The van der Waals surface area contributed by atoms with Crippen molar-refractivity contribution in [3.8, 4) is 23.0 Å². The number of hydrogen-bond donors (Lipinski definition) is 2. The van der Waals surface area contributed by atoms with Crippen LogP contribution in [0.2, 0.25) is 10.0 Å². The van der Waals surface area contributed by atoms with E-state index in [0.717, 1.165) is 29.8 Å². The zero-order chi connectivity index (χ0) is 36.5. The number of unbranched alkanes of at least 4 members (excludes halogenated alkanes) is 11. The lowest BCUT2D eigenvalue weighted by atomic mass is 9.85. The summed E-state index contributed by atoms with van der Waals surface area (Å²) in [5.74, 6) is 1.80. The molecule has 9 nitrogen and oxygen atoms in total. The van der Waals surface area contributed by atoms with Gasteiger partial charge in [-0.15, -0.1) is 10.2 Å². The second-order valence-corrected chi connectivity index (χ2v) is 15.4. The molecule has 2 atom stereocenters. The summed E-state index contributed by atoms with van der Waals surface area (Å²) < 4.78 is 20.1. The molecule has 280 valence electrons. The van der Waals surface area contributed by atoms with E-state index in [1.54, 1.807) is 10.6 Å². The quantitative estimate of drug-likeness (QED) is 0.0321. The van der Waals surface area contributed by atoms with Crippen LogP contribution in [0.3, 0.4) is 0 Å². The number of nitrogens with one attached hydrogen (secondary N) is 2. The van der Waals surface area contributed by atoms with Gasteiger partial charge in [0.25, 0.3) is 0 Å². The minimum Gasteiger partial charge on any atom is -0.491 e. The van der Waals surface area contributed by atoms with E-state index in [0.29, 0.717) is 34.0 Å². The van der Waals surface area contributed by atoms with E-state index in [-0.39, 0.29) is 24.3 Å². The summed E-state index contributed by atoms with van der Waals surface area (Å²) in [4.78, 5) is 4.64. The molecule has 11 heteroatoms. The zero-order valence-electron chi connectivity index (χ0n) is 31.2. The molecule has 0 aliphatic carbocycles. The molecule has 0 bridgehead atoms. The summed E-state index contributed by atoms with van der Waals surface area (Å²) in [7, 11) is 0. The Morgan fingerprint density at radius 1 is 0.863 bits per heavy atom. The Morgan fingerprint density at radius 3 is 2.20 bits per heavy atom. The summed E-state index contributed by atoms with van der Waals surface area (Å²) in [6.45, 7) is 11.9. The van der Waals surface area contributed by atoms with Crippen LogP contribution >= 0.6 is 23.2 Å². The van der Waals surface area contributed by atoms with Gasteiger partial charge < -0.3 is 14.2 Å². The number of aromatic amines is 1. The number of benzene rings is 2. The van der Waals surface area contributed by atoms with Crippen molar-refractivity contribution >= 4 is 40.9 Å². The van der Waals surface area contributed by atoms with Gasteiger partial charge in [0, 0.05) is 11.5 Å². The van der Waals surface area contributed by atoms with E-state index in [1.165, 1.54) is 77.0 Å². The Hall–Kier alpha value is -3.27. The number of nitrogens with zero attached hydrogens (tertiary/aromatic N) is 4. The van der Waals surface area contributed by atoms with Crippen molar-refractivity contribution in [1.82, 2.24) is 25.1 Å². The lowest BCUT2D eigenvalue weighted by Gasteiger charge is -2.29. The molecule has 0 aliphatic heterocycles. The highest BCUT2D eigenvalue weighted by molar-refractivity contribution is 6.35. The van der Waals surface area contributed by atoms with E-state index < -0.39 is 0 Å². The largest absolute Gasteiger partial charge is 0.491 e. The second kappa shape index (κ2) is 21.3. The first kappa shape index (κ1) is 40.5. The molecule has 4 aromatic rings. The number of para-hydroxylation sites is 2. The van der Waals surface area contributed by atoms with Crippen LogP contribution in [0, 0.1) is 11.3 Å². The van der Waals surface area contributed by atoms with E-state index in [1.807, 2.05) is 42.5 Å². The molecule has 0 fully saturated rings. The van der Waals surface area contributed by atoms with E-state index in [2.05, 4.69) is 60.2 Å². The van der Waals surface area contributed by atoms with Gasteiger partial charge in [-0.05, 0) is 42.5 Å². The van der Waals surface area contributed by atoms with Gasteiger partial charge >= 0.3 is 0 Å². The van der Waals surface area contributed by atoms with Crippen LogP contribution in [0.1, 0.15) is 118 Å². The first-order chi connectivity index (χ1) is 24.7. The van der Waals surface area contributed by atoms with Crippen LogP contribution in [-0.4, -0.2) is 45.8 Å². The maximum Gasteiger partial charge on any atom is 0.230 e. The molecule has 0 saturated carbocycles. The maximum absolute atomic E-state index is 6.63. The fourth-order valence-corrected chi connectivity index (χ4v) is 6.75. The van der Waals surface area contributed by atoms with Gasteiger partial charge in [-0.25, -0.2) is 14.8 Å². The number of H-pyrrole nitrogens is 1. The number of halogens is 2. The van der Waals surface area contributed by atoms with Crippen LogP contribution in [0.4, 0.5) is 5.69 Å². The number of fused-ring (bicyclic) bond motifs is 1. The van der Waals surface area contributed by atoms with Crippen molar-refractivity contribution in [2.24, 2.45) is 16.3 Å². The predicted octanol–water partition coefficient (Wildman–Crippen LogP) is 11.8. The smallest absolute Gasteiger partial charge is 0.230 e. The van der Waals surface area contributed by atoms with Crippen molar-refractivity contribution in [2.75, 3.05) is 13.3 Å². The van der Waals surface area contributed by atoms with Gasteiger partial charge in [0.1, 0.15) is 23.2 Å². The van der Waals surface area contributed by atoms with Crippen molar-refractivity contribution in [2.45, 2.75) is 124 Å². The average molecular weight is 742 g/mol. The Bertz CT molecular complexity index is 1620. The minimum atomic E-state index is -0.375. The third-order valence-corrected chi connectivity index (χ3v) is 9.53. The predicted molar refractivity (Wildman–Crippen MR) is 211 cm³/mol. The Balaban J connectivity index is 1.26. The highest BCUT2D eigenvalue weighted by atomic mass is 35.5. The van der Waals surface area contributed by atoms with Gasteiger partial charge in [-0.2, -0.15) is 0 Å². The van der Waals surface area contributed by atoms with Gasteiger partial charge in [-0.1, -0.05) is 153 Å². The number of aliphatic imine (C=N–C) groups is 1. The number of ether oxygens (including phenoxy) is 3. The lowest BCUT2D eigenvalue weighted by molar-refractivity contribution is 0.0582.